The highest BCUT2D eigenvalue weighted by molar-refractivity contribution is 5.52. The number of anilines is 1. The molecule has 0 unspecified atom stereocenters. The normalized spacial score (nSPS) is 11.7. The number of hydrogen-bond acceptors (Lipinski definition) is 2. The van der Waals surface area contributed by atoms with Crippen LogP contribution in [0.1, 0.15) is 19.4 Å². The van der Waals surface area contributed by atoms with Gasteiger partial charge in [0, 0.05) is 11.7 Å². The van der Waals surface area contributed by atoms with Crippen LogP contribution in [-0.4, -0.2) is 13.2 Å². The molecule has 90 valence electrons. The van der Waals surface area contributed by atoms with Gasteiger partial charge in [-0.25, -0.2) is 0 Å². The molecule has 0 bridgehead atoms. The van der Waals surface area contributed by atoms with Crippen LogP contribution in [0.25, 0.3) is 0 Å². The van der Waals surface area contributed by atoms with Crippen molar-refractivity contribution in [3.05, 3.63) is 23.8 Å². The van der Waals surface area contributed by atoms with E-state index >= 15 is 0 Å². The summed E-state index contributed by atoms with van der Waals surface area (Å²) in [5.74, 6) is -0.165. The predicted octanol–water partition coefficient (Wildman–Crippen LogP) is 3.53. The molecular weight excluding hydrogens is 219 g/mol. The maximum Gasteiger partial charge on any atom is 0.420 e. The van der Waals surface area contributed by atoms with Gasteiger partial charge in [-0.3, -0.25) is 0 Å². The molecule has 0 saturated heterocycles. The van der Waals surface area contributed by atoms with Crippen molar-refractivity contribution in [1.82, 2.24) is 0 Å². The van der Waals surface area contributed by atoms with E-state index in [1.807, 2.05) is 13.8 Å². The standard InChI is InChI=1S/C11H14F3NO/c1-7(2)15-8-4-5-10(16-3)9(6-8)11(12,13)14/h4-7,15H,1-3H3. The summed E-state index contributed by atoms with van der Waals surface area (Å²) in [6.07, 6.45) is -4.40. The zero-order valence-corrected chi connectivity index (χ0v) is 9.35. The van der Waals surface area contributed by atoms with E-state index in [2.05, 4.69) is 10.1 Å². The Labute approximate surface area is 92.4 Å². The molecule has 0 aliphatic heterocycles. The molecule has 0 aliphatic rings. The topological polar surface area (TPSA) is 21.3 Å². The third kappa shape index (κ3) is 3.05. The van der Waals surface area contributed by atoms with E-state index in [0.29, 0.717) is 5.69 Å². The van der Waals surface area contributed by atoms with Crippen molar-refractivity contribution in [3.63, 3.8) is 0 Å². The van der Waals surface area contributed by atoms with Gasteiger partial charge in [0.2, 0.25) is 0 Å². The molecule has 5 heteroatoms. The lowest BCUT2D eigenvalue weighted by atomic mass is 10.1. The average molecular weight is 233 g/mol. The molecule has 1 aromatic carbocycles. The van der Waals surface area contributed by atoms with Gasteiger partial charge in [0.05, 0.1) is 12.7 Å². The molecule has 0 fully saturated rings. The Morgan fingerprint density at radius 3 is 2.31 bits per heavy atom. The second-order valence-corrected chi connectivity index (χ2v) is 3.71. The molecule has 0 radical (unpaired) electrons. The van der Waals surface area contributed by atoms with Gasteiger partial charge in [-0.1, -0.05) is 0 Å². The molecule has 0 amide bonds. The van der Waals surface area contributed by atoms with Gasteiger partial charge in [0.1, 0.15) is 5.75 Å². The first kappa shape index (κ1) is 12.7. The predicted molar refractivity (Wildman–Crippen MR) is 56.8 cm³/mol. The molecule has 0 aliphatic carbocycles. The third-order valence-electron chi connectivity index (χ3n) is 1.96. The zero-order chi connectivity index (χ0) is 12.3. The fourth-order valence-corrected chi connectivity index (χ4v) is 1.35. The van der Waals surface area contributed by atoms with Crippen LogP contribution in [0, 0.1) is 0 Å². The van der Waals surface area contributed by atoms with Crippen LogP contribution in [0.15, 0.2) is 18.2 Å². The first-order valence-electron chi connectivity index (χ1n) is 4.86. The number of halogens is 3. The molecule has 0 atom stereocenters. The molecule has 1 aromatic rings. The van der Waals surface area contributed by atoms with E-state index in [1.54, 1.807) is 6.07 Å². The summed E-state index contributed by atoms with van der Waals surface area (Å²) in [5, 5.41) is 2.91. The highest BCUT2D eigenvalue weighted by Gasteiger charge is 2.34. The minimum absolute atomic E-state index is 0.0782. The molecule has 16 heavy (non-hydrogen) atoms. The van der Waals surface area contributed by atoms with Gasteiger partial charge in [-0.05, 0) is 32.0 Å². The van der Waals surface area contributed by atoms with Gasteiger partial charge in [-0.2, -0.15) is 13.2 Å². The van der Waals surface area contributed by atoms with Crippen LogP contribution in [0.3, 0.4) is 0 Å². The van der Waals surface area contributed by atoms with Gasteiger partial charge in [-0.15, -0.1) is 0 Å². The third-order valence-corrected chi connectivity index (χ3v) is 1.96. The van der Waals surface area contributed by atoms with Gasteiger partial charge in [0.15, 0.2) is 0 Å². The van der Waals surface area contributed by atoms with Crippen LogP contribution in [0.2, 0.25) is 0 Å². The number of alkyl halides is 3. The Hall–Kier alpha value is -1.39. The summed E-state index contributed by atoms with van der Waals surface area (Å²) in [6.45, 7) is 3.72. The van der Waals surface area contributed by atoms with E-state index in [1.165, 1.54) is 13.2 Å². The lowest BCUT2D eigenvalue weighted by molar-refractivity contribution is -0.138. The van der Waals surface area contributed by atoms with Crippen LogP contribution < -0.4 is 10.1 Å². The van der Waals surface area contributed by atoms with Crippen molar-refractivity contribution >= 4 is 5.69 Å². The first-order chi connectivity index (χ1) is 7.34. The molecule has 2 nitrogen and oxygen atoms in total. The van der Waals surface area contributed by atoms with Crippen molar-refractivity contribution in [2.75, 3.05) is 12.4 Å². The fraction of sp³-hybridized carbons (Fsp3) is 0.455. The molecule has 0 saturated carbocycles. The van der Waals surface area contributed by atoms with E-state index < -0.39 is 11.7 Å². The Morgan fingerprint density at radius 2 is 1.88 bits per heavy atom. The monoisotopic (exact) mass is 233 g/mol. The molecule has 0 heterocycles. The van der Waals surface area contributed by atoms with Crippen LogP contribution >= 0.6 is 0 Å². The van der Waals surface area contributed by atoms with Crippen LogP contribution in [0.5, 0.6) is 5.75 Å². The molecule has 0 spiro atoms. The largest absolute Gasteiger partial charge is 0.496 e. The Bertz CT molecular complexity index is 361. The van der Waals surface area contributed by atoms with Crippen molar-refractivity contribution in [2.45, 2.75) is 26.1 Å². The van der Waals surface area contributed by atoms with Crippen LogP contribution in [-0.2, 0) is 6.18 Å². The van der Waals surface area contributed by atoms with Crippen molar-refractivity contribution < 1.29 is 17.9 Å². The molecule has 0 aromatic heterocycles. The SMILES string of the molecule is COc1ccc(NC(C)C)cc1C(F)(F)F. The van der Waals surface area contributed by atoms with Gasteiger partial charge >= 0.3 is 6.18 Å². The minimum atomic E-state index is -4.40. The second kappa shape index (κ2) is 4.63. The highest BCUT2D eigenvalue weighted by atomic mass is 19.4. The smallest absolute Gasteiger partial charge is 0.420 e. The van der Waals surface area contributed by atoms with Gasteiger partial charge in [0.25, 0.3) is 0 Å². The van der Waals surface area contributed by atoms with Crippen molar-refractivity contribution in [1.29, 1.82) is 0 Å². The number of ether oxygens (including phenoxy) is 1. The molecule has 1 rings (SSSR count). The Morgan fingerprint density at radius 1 is 1.25 bits per heavy atom. The number of methoxy groups -OCH3 is 1. The van der Waals surface area contributed by atoms with Crippen LogP contribution in [0.4, 0.5) is 18.9 Å². The minimum Gasteiger partial charge on any atom is -0.496 e. The van der Waals surface area contributed by atoms with E-state index in [0.717, 1.165) is 6.07 Å². The fourth-order valence-electron chi connectivity index (χ4n) is 1.35. The Balaban J connectivity index is 3.12. The highest BCUT2D eigenvalue weighted by Crippen LogP contribution is 2.37. The number of hydrogen-bond donors (Lipinski definition) is 1. The van der Waals surface area contributed by atoms with E-state index in [4.69, 9.17) is 0 Å². The second-order valence-electron chi connectivity index (χ2n) is 3.71. The van der Waals surface area contributed by atoms with Crippen molar-refractivity contribution in [3.8, 4) is 5.75 Å². The average Bonchev–Trinajstić information content (AvgIpc) is 2.15. The summed E-state index contributed by atoms with van der Waals surface area (Å²) in [4.78, 5) is 0. The molecule has 1 N–H and O–H groups in total. The number of rotatable bonds is 3. The van der Waals surface area contributed by atoms with E-state index in [9.17, 15) is 13.2 Å². The summed E-state index contributed by atoms with van der Waals surface area (Å²) >= 11 is 0. The summed E-state index contributed by atoms with van der Waals surface area (Å²) in [5.41, 5.74) is -0.330. The van der Waals surface area contributed by atoms with Crippen molar-refractivity contribution in [2.24, 2.45) is 0 Å². The maximum atomic E-state index is 12.6. The van der Waals surface area contributed by atoms with E-state index in [-0.39, 0.29) is 11.8 Å². The summed E-state index contributed by atoms with van der Waals surface area (Å²) < 4.78 is 42.6. The van der Waals surface area contributed by atoms with Gasteiger partial charge < -0.3 is 10.1 Å². The zero-order valence-electron chi connectivity index (χ0n) is 9.35. The molecular formula is C11H14F3NO. The Kier molecular flexibility index (Phi) is 3.67. The lowest BCUT2D eigenvalue weighted by Gasteiger charge is -2.15. The number of nitrogens with one attached hydrogen (secondary N) is 1. The first-order valence-corrected chi connectivity index (χ1v) is 4.86. The summed E-state index contributed by atoms with van der Waals surface area (Å²) in [6, 6.07) is 4.01. The lowest BCUT2D eigenvalue weighted by Crippen LogP contribution is -2.12. The number of benzene rings is 1. The maximum absolute atomic E-state index is 12.6. The quantitative estimate of drug-likeness (QED) is 0.862. The summed E-state index contributed by atoms with van der Waals surface area (Å²) in [7, 11) is 1.22.